The summed E-state index contributed by atoms with van der Waals surface area (Å²) in [6, 6.07) is 10.5. The fourth-order valence-electron chi connectivity index (χ4n) is 4.27. The fourth-order valence-corrected chi connectivity index (χ4v) is 15.3. The number of aryl methyl sites for hydroxylation is 2. The Morgan fingerprint density at radius 3 is 2.78 bits per heavy atom. The number of fused-ring (bicyclic) bond motifs is 4. The Labute approximate surface area is 145 Å². The van der Waals surface area contributed by atoms with Crippen LogP contribution in [0.4, 0.5) is 0 Å². The molecule has 4 heteroatoms. The molecule has 0 amide bonds. The van der Waals surface area contributed by atoms with Gasteiger partial charge >= 0.3 is 0 Å². The Kier molecular flexibility index (Phi) is 3.56. The lowest BCUT2D eigenvalue weighted by Gasteiger charge is -2.34. The lowest BCUT2D eigenvalue weighted by molar-refractivity contribution is -0.677. The molecule has 1 aliphatic heterocycles. The molecule has 120 valence electrons. The van der Waals surface area contributed by atoms with Crippen LogP contribution in [-0.4, -0.2) is 16.9 Å². The molecule has 0 saturated carbocycles. The standard InChI is InChI=1S/C19H26NSSi2/c1-6-15-19-13(7-8-20(15)2)14-11-18-17(12-16(14)21-19)22(3)9-10-23(18,4)5/h7-8,11-12,22H,6,9-10H2,1-5H3/q+1. The number of rotatable bonds is 1. The van der Waals surface area contributed by atoms with Crippen LogP contribution < -0.4 is 14.9 Å². The molecule has 0 fully saturated rings. The first-order valence-electron chi connectivity index (χ1n) is 8.80. The highest BCUT2D eigenvalue weighted by atomic mass is 32.1. The van der Waals surface area contributed by atoms with Gasteiger partial charge in [-0.25, -0.2) is 4.57 Å². The molecule has 3 heterocycles. The first-order chi connectivity index (χ1) is 10.9. The summed E-state index contributed by atoms with van der Waals surface area (Å²) < 4.78 is 5.32. The van der Waals surface area contributed by atoms with Crippen LogP contribution in [0.1, 0.15) is 12.6 Å². The molecule has 0 saturated heterocycles. The topological polar surface area (TPSA) is 3.88 Å². The minimum Gasteiger partial charge on any atom is -0.204 e. The van der Waals surface area contributed by atoms with Gasteiger partial charge in [0.25, 0.3) is 0 Å². The van der Waals surface area contributed by atoms with Gasteiger partial charge in [0.2, 0.25) is 0 Å². The van der Waals surface area contributed by atoms with Gasteiger partial charge in [-0.3, -0.25) is 0 Å². The summed E-state index contributed by atoms with van der Waals surface area (Å²) in [7, 11) is 0.230. The Morgan fingerprint density at radius 1 is 1.26 bits per heavy atom. The molecule has 3 aromatic rings. The van der Waals surface area contributed by atoms with Gasteiger partial charge in [0.15, 0.2) is 11.9 Å². The van der Waals surface area contributed by atoms with Crippen LogP contribution in [0.2, 0.25) is 31.7 Å². The third kappa shape index (κ3) is 2.26. The Bertz CT molecular complexity index is 926. The molecule has 1 atom stereocenters. The van der Waals surface area contributed by atoms with E-state index in [0.717, 1.165) is 6.42 Å². The maximum Gasteiger partial charge on any atom is 0.198 e. The second kappa shape index (κ2) is 5.26. The summed E-state index contributed by atoms with van der Waals surface area (Å²) in [4.78, 5) is 0. The van der Waals surface area contributed by atoms with Gasteiger partial charge in [-0.05, 0) is 6.07 Å². The van der Waals surface area contributed by atoms with E-state index in [4.69, 9.17) is 0 Å². The van der Waals surface area contributed by atoms with Crippen molar-refractivity contribution in [3.8, 4) is 0 Å². The average molecular weight is 357 g/mol. The van der Waals surface area contributed by atoms with E-state index < -0.39 is 16.9 Å². The third-order valence-electron chi connectivity index (χ3n) is 5.85. The van der Waals surface area contributed by atoms with E-state index in [1.54, 1.807) is 10.4 Å². The lowest BCUT2D eigenvalue weighted by atomic mass is 10.1. The van der Waals surface area contributed by atoms with Crippen LogP contribution in [0.5, 0.6) is 0 Å². The van der Waals surface area contributed by atoms with Crippen molar-refractivity contribution in [2.75, 3.05) is 0 Å². The van der Waals surface area contributed by atoms with Crippen LogP contribution in [-0.2, 0) is 13.5 Å². The normalized spacial score (nSPS) is 20.1. The van der Waals surface area contributed by atoms with E-state index in [-0.39, 0.29) is 0 Å². The molecular weight excluding hydrogens is 330 g/mol. The molecule has 0 N–H and O–H groups in total. The summed E-state index contributed by atoms with van der Waals surface area (Å²) in [6.45, 7) is 9.97. The smallest absolute Gasteiger partial charge is 0.198 e. The van der Waals surface area contributed by atoms with Gasteiger partial charge in [-0.1, -0.05) is 55.1 Å². The molecule has 0 bridgehead atoms. The number of hydrogen-bond acceptors (Lipinski definition) is 1. The van der Waals surface area contributed by atoms with Gasteiger partial charge in [0, 0.05) is 28.0 Å². The highest BCUT2D eigenvalue weighted by Crippen LogP contribution is 2.35. The van der Waals surface area contributed by atoms with Crippen LogP contribution in [0.25, 0.3) is 20.2 Å². The number of thiophene rings is 1. The van der Waals surface area contributed by atoms with Crippen molar-refractivity contribution in [1.29, 1.82) is 0 Å². The maximum atomic E-state index is 2.61. The minimum absolute atomic E-state index is 0.720. The quantitative estimate of drug-likeness (QED) is 0.464. The van der Waals surface area contributed by atoms with Crippen molar-refractivity contribution < 1.29 is 4.57 Å². The predicted octanol–water partition coefficient (Wildman–Crippen LogP) is 3.43. The lowest BCUT2D eigenvalue weighted by Crippen LogP contribution is -2.58. The summed E-state index contributed by atoms with van der Waals surface area (Å²) in [6.07, 6.45) is 3.35. The third-order valence-corrected chi connectivity index (χ3v) is 14.1. The Hall–Kier alpha value is -0.976. The molecule has 23 heavy (non-hydrogen) atoms. The molecule has 1 aliphatic rings. The van der Waals surface area contributed by atoms with Crippen LogP contribution in [0.15, 0.2) is 24.4 Å². The summed E-state index contributed by atoms with van der Waals surface area (Å²) in [5, 5.41) is 6.56. The predicted molar refractivity (Wildman–Crippen MR) is 109 cm³/mol. The molecule has 0 aliphatic carbocycles. The monoisotopic (exact) mass is 356 g/mol. The van der Waals surface area contributed by atoms with E-state index >= 15 is 0 Å². The van der Waals surface area contributed by atoms with Gasteiger partial charge in [0.1, 0.15) is 11.7 Å². The maximum absolute atomic E-state index is 2.61. The van der Waals surface area contributed by atoms with Gasteiger partial charge < -0.3 is 0 Å². The van der Waals surface area contributed by atoms with Gasteiger partial charge in [-0.15, -0.1) is 11.3 Å². The Morgan fingerprint density at radius 2 is 2.04 bits per heavy atom. The van der Waals surface area contributed by atoms with Crippen LogP contribution >= 0.6 is 11.3 Å². The highest BCUT2D eigenvalue weighted by Gasteiger charge is 2.33. The van der Waals surface area contributed by atoms with E-state index in [0.29, 0.717) is 0 Å². The van der Waals surface area contributed by atoms with Gasteiger partial charge in [-0.2, -0.15) is 0 Å². The first-order valence-corrected chi connectivity index (χ1v) is 15.4. The molecule has 4 rings (SSSR count). The number of pyridine rings is 1. The molecule has 0 radical (unpaired) electrons. The van der Waals surface area contributed by atoms with E-state index in [1.807, 2.05) is 11.3 Å². The average Bonchev–Trinajstić information content (AvgIpc) is 2.87. The second-order valence-corrected chi connectivity index (χ2v) is 16.7. The van der Waals surface area contributed by atoms with Crippen molar-refractivity contribution in [2.24, 2.45) is 7.05 Å². The summed E-state index contributed by atoms with van der Waals surface area (Å²) >= 11 is 2.02. The SMILES string of the molecule is CCc1c2sc3cc4c(cc3c2cc[n+]1C)[Si](C)(C)CC[SiH]4C. The number of benzene rings is 1. The van der Waals surface area contributed by atoms with Crippen molar-refractivity contribution in [2.45, 2.75) is 45.1 Å². The zero-order valence-electron chi connectivity index (χ0n) is 14.9. The minimum atomic E-state index is -1.23. The van der Waals surface area contributed by atoms with E-state index in [2.05, 4.69) is 62.6 Å². The van der Waals surface area contributed by atoms with Crippen LogP contribution in [0, 0.1) is 0 Å². The zero-order valence-corrected chi connectivity index (χ0v) is 17.8. The highest BCUT2D eigenvalue weighted by molar-refractivity contribution is 7.26. The molecule has 1 nitrogen and oxygen atoms in total. The largest absolute Gasteiger partial charge is 0.204 e. The number of nitrogens with zero attached hydrogens (tertiary/aromatic N) is 1. The van der Waals surface area contributed by atoms with E-state index in [1.165, 1.54) is 38.0 Å². The van der Waals surface area contributed by atoms with Gasteiger partial charge in [0.05, 0.1) is 16.9 Å². The molecule has 1 aromatic carbocycles. The fraction of sp³-hybridized carbons (Fsp3) is 0.421. The summed E-state index contributed by atoms with van der Waals surface area (Å²) in [5.74, 6) is 0. The van der Waals surface area contributed by atoms with E-state index in [9.17, 15) is 0 Å². The summed E-state index contributed by atoms with van der Waals surface area (Å²) in [5.41, 5.74) is 1.48. The number of hydrogen-bond donors (Lipinski definition) is 0. The molecular formula is C19H26NSSi2+. The molecule has 1 unspecified atom stereocenters. The van der Waals surface area contributed by atoms with Crippen molar-refractivity contribution in [3.05, 3.63) is 30.1 Å². The zero-order chi connectivity index (χ0) is 16.4. The first kappa shape index (κ1) is 15.5. The molecule has 2 aromatic heterocycles. The Balaban J connectivity index is 2.10. The van der Waals surface area contributed by atoms with Crippen molar-refractivity contribution >= 4 is 58.8 Å². The van der Waals surface area contributed by atoms with Crippen LogP contribution in [0.3, 0.4) is 0 Å². The van der Waals surface area contributed by atoms with Crippen molar-refractivity contribution in [3.63, 3.8) is 0 Å². The number of aromatic nitrogens is 1. The van der Waals surface area contributed by atoms with Crippen molar-refractivity contribution in [1.82, 2.24) is 0 Å². The second-order valence-electron chi connectivity index (χ2n) is 7.83. The molecule has 0 spiro atoms.